The van der Waals surface area contributed by atoms with E-state index < -0.39 is 6.10 Å². The van der Waals surface area contributed by atoms with Crippen molar-refractivity contribution in [1.82, 2.24) is 0 Å². The third kappa shape index (κ3) is 3.42. The van der Waals surface area contributed by atoms with Crippen molar-refractivity contribution in [3.63, 3.8) is 0 Å². The van der Waals surface area contributed by atoms with Crippen molar-refractivity contribution in [1.29, 1.82) is 0 Å². The highest BCUT2D eigenvalue weighted by molar-refractivity contribution is 5.99. The molecule has 0 saturated heterocycles. The van der Waals surface area contributed by atoms with Gasteiger partial charge >= 0.3 is 0 Å². The van der Waals surface area contributed by atoms with E-state index in [1.807, 2.05) is 25.1 Å². The summed E-state index contributed by atoms with van der Waals surface area (Å²) in [6.45, 7) is 6.45. The van der Waals surface area contributed by atoms with E-state index in [1.165, 1.54) is 0 Å². The van der Waals surface area contributed by atoms with Gasteiger partial charge in [0.1, 0.15) is 12.5 Å². The highest BCUT2D eigenvalue weighted by atomic mass is 16.5. The van der Waals surface area contributed by atoms with Gasteiger partial charge in [0.25, 0.3) is 5.91 Å². The summed E-state index contributed by atoms with van der Waals surface area (Å²) in [5.41, 5.74) is 8.02. The van der Waals surface area contributed by atoms with Crippen LogP contribution in [0.1, 0.15) is 45.2 Å². The van der Waals surface area contributed by atoms with Crippen molar-refractivity contribution in [2.75, 3.05) is 18.7 Å². The first-order valence-electron chi connectivity index (χ1n) is 7.84. The average molecular weight is 306 g/mol. The van der Waals surface area contributed by atoms with Crippen molar-refractivity contribution in [2.24, 2.45) is 11.7 Å². The van der Waals surface area contributed by atoms with Gasteiger partial charge in [-0.25, -0.2) is 0 Å². The molecule has 2 atom stereocenters. The molecule has 1 amide bonds. The van der Waals surface area contributed by atoms with Crippen molar-refractivity contribution in [3.8, 4) is 5.75 Å². The van der Waals surface area contributed by atoms with Crippen molar-refractivity contribution in [3.05, 3.63) is 23.8 Å². The molecule has 1 aromatic carbocycles. The molecule has 0 radical (unpaired) electrons. The second-order valence-electron chi connectivity index (χ2n) is 6.16. The van der Waals surface area contributed by atoms with E-state index in [9.17, 15) is 4.79 Å². The van der Waals surface area contributed by atoms with Gasteiger partial charge in [-0.2, -0.15) is 0 Å². The molecule has 1 heterocycles. The largest absolute Gasteiger partial charge is 0.478 e. The van der Waals surface area contributed by atoms with Crippen LogP contribution in [0.2, 0.25) is 0 Å². The molecule has 5 nitrogen and oxygen atoms in total. The number of benzene rings is 1. The van der Waals surface area contributed by atoms with E-state index in [2.05, 4.69) is 13.8 Å². The van der Waals surface area contributed by atoms with Crippen LogP contribution in [-0.2, 0) is 9.53 Å². The molecule has 2 N–H and O–H groups in total. The summed E-state index contributed by atoms with van der Waals surface area (Å²) in [5, 5.41) is 0. The molecule has 2 rings (SSSR count). The minimum absolute atomic E-state index is 0.0475. The van der Waals surface area contributed by atoms with Gasteiger partial charge in [-0.05, 0) is 36.5 Å². The Hall–Kier alpha value is -1.59. The van der Waals surface area contributed by atoms with E-state index in [4.69, 9.17) is 15.2 Å². The maximum Gasteiger partial charge on any atom is 0.270 e. The molecular weight excluding hydrogens is 280 g/mol. The normalized spacial score (nSPS) is 19.1. The number of hydrogen-bond acceptors (Lipinski definition) is 4. The number of ether oxygens (including phenoxy) is 2. The first-order chi connectivity index (χ1) is 10.5. The Morgan fingerprint density at radius 2 is 2.14 bits per heavy atom. The van der Waals surface area contributed by atoms with E-state index in [-0.39, 0.29) is 18.7 Å². The smallest absolute Gasteiger partial charge is 0.270 e. The highest BCUT2D eigenvalue weighted by Gasteiger charge is 2.33. The summed E-state index contributed by atoms with van der Waals surface area (Å²) in [6.07, 6.45) is 1.08. The van der Waals surface area contributed by atoms with Crippen LogP contribution in [0.3, 0.4) is 0 Å². The van der Waals surface area contributed by atoms with Crippen LogP contribution in [0.25, 0.3) is 0 Å². The van der Waals surface area contributed by atoms with Crippen molar-refractivity contribution >= 4 is 11.6 Å². The number of anilines is 1. The Balaban J connectivity index is 2.35. The zero-order valence-electron chi connectivity index (χ0n) is 13.8. The lowest BCUT2D eigenvalue weighted by molar-refractivity contribution is -0.127. The van der Waals surface area contributed by atoms with Gasteiger partial charge in [0.05, 0.1) is 5.69 Å². The van der Waals surface area contributed by atoms with Gasteiger partial charge in [-0.1, -0.05) is 26.8 Å². The summed E-state index contributed by atoms with van der Waals surface area (Å²) < 4.78 is 11.0. The van der Waals surface area contributed by atoms with E-state index in [0.717, 1.165) is 17.7 Å². The minimum Gasteiger partial charge on any atom is -0.478 e. The Kier molecular flexibility index (Phi) is 5.42. The average Bonchev–Trinajstić information content (AvgIpc) is 2.48. The van der Waals surface area contributed by atoms with Crippen LogP contribution in [-0.4, -0.2) is 25.9 Å². The van der Waals surface area contributed by atoms with Gasteiger partial charge in [0.15, 0.2) is 6.10 Å². The van der Waals surface area contributed by atoms with Crippen LogP contribution in [0.5, 0.6) is 5.75 Å². The van der Waals surface area contributed by atoms with Gasteiger partial charge in [-0.15, -0.1) is 0 Å². The summed E-state index contributed by atoms with van der Waals surface area (Å²) in [7, 11) is 1.58. The molecule has 0 saturated carbocycles. The first kappa shape index (κ1) is 16.8. The lowest BCUT2D eigenvalue weighted by Crippen LogP contribution is -2.46. The first-order valence-corrected chi connectivity index (χ1v) is 7.84. The van der Waals surface area contributed by atoms with Crippen LogP contribution in [0.15, 0.2) is 18.2 Å². The molecule has 0 spiro atoms. The second-order valence-corrected chi connectivity index (χ2v) is 6.16. The van der Waals surface area contributed by atoms with Gasteiger partial charge in [0, 0.05) is 13.2 Å². The Morgan fingerprint density at radius 1 is 1.41 bits per heavy atom. The fourth-order valence-corrected chi connectivity index (χ4v) is 2.74. The number of amides is 1. The lowest BCUT2D eigenvalue weighted by atomic mass is 9.96. The maximum absolute atomic E-state index is 12.5. The van der Waals surface area contributed by atoms with Gasteiger partial charge < -0.3 is 15.2 Å². The van der Waals surface area contributed by atoms with E-state index in [1.54, 1.807) is 12.0 Å². The van der Waals surface area contributed by atoms with Crippen LogP contribution >= 0.6 is 0 Å². The van der Waals surface area contributed by atoms with E-state index in [0.29, 0.717) is 18.1 Å². The molecule has 0 aromatic heterocycles. The van der Waals surface area contributed by atoms with Crippen molar-refractivity contribution < 1.29 is 14.3 Å². The molecule has 1 aliphatic rings. The molecule has 22 heavy (non-hydrogen) atoms. The summed E-state index contributed by atoms with van der Waals surface area (Å²) in [4.78, 5) is 14.1. The van der Waals surface area contributed by atoms with Crippen LogP contribution in [0, 0.1) is 5.92 Å². The predicted octanol–water partition coefficient (Wildman–Crippen LogP) is 2.84. The molecule has 2 unspecified atom stereocenters. The lowest BCUT2D eigenvalue weighted by Gasteiger charge is -2.34. The zero-order chi connectivity index (χ0) is 16.3. The zero-order valence-corrected chi connectivity index (χ0v) is 13.8. The fourth-order valence-electron chi connectivity index (χ4n) is 2.74. The second kappa shape index (κ2) is 7.11. The summed E-state index contributed by atoms with van der Waals surface area (Å²) >= 11 is 0. The standard InChI is InChI=1S/C17H26N2O3/c1-5-15-17(20)19(10-21-4)14-9-12(6-7-16(14)22-15)13(18)8-11(2)3/h6-7,9,11,13,15H,5,8,10,18H2,1-4H3. The number of methoxy groups -OCH3 is 1. The third-order valence-corrected chi connectivity index (χ3v) is 3.87. The Morgan fingerprint density at radius 3 is 2.73 bits per heavy atom. The maximum atomic E-state index is 12.5. The van der Waals surface area contributed by atoms with Gasteiger partial charge in [-0.3, -0.25) is 9.69 Å². The number of fused-ring (bicyclic) bond motifs is 1. The molecule has 0 bridgehead atoms. The molecule has 0 aliphatic carbocycles. The Labute approximate surface area is 132 Å². The molecular formula is C17H26N2O3. The quantitative estimate of drug-likeness (QED) is 0.877. The molecule has 122 valence electrons. The van der Waals surface area contributed by atoms with Gasteiger partial charge in [0.2, 0.25) is 0 Å². The molecule has 5 heteroatoms. The predicted molar refractivity (Wildman–Crippen MR) is 86.9 cm³/mol. The third-order valence-electron chi connectivity index (χ3n) is 3.87. The fraction of sp³-hybridized carbons (Fsp3) is 0.588. The Bertz CT molecular complexity index is 531. The van der Waals surface area contributed by atoms with Crippen LogP contribution in [0.4, 0.5) is 5.69 Å². The number of hydrogen-bond donors (Lipinski definition) is 1. The molecule has 0 fully saturated rings. The minimum atomic E-state index is -0.446. The van der Waals surface area contributed by atoms with E-state index >= 15 is 0 Å². The number of nitrogens with two attached hydrogens (primary N) is 1. The SMILES string of the molecule is CCC1Oc2ccc(C(N)CC(C)C)cc2N(COC)C1=O. The topological polar surface area (TPSA) is 64.8 Å². The number of carbonyl (C=O) groups excluding carboxylic acids is 1. The molecule has 1 aromatic rings. The number of carbonyl (C=O) groups is 1. The highest BCUT2D eigenvalue weighted by Crippen LogP contribution is 2.37. The van der Waals surface area contributed by atoms with Crippen LogP contribution < -0.4 is 15.4 Å². The number of nitrogens with zero attached hydrogens (tertiary/aromatic N) is 1. The monoisotopic (exact) mass is 306 g/mol. The molecule has 1 aliphatic heterocycles. The van der Waals surface area contributed by atoms with Crippen molar-refractivity contribution in [2.45, 2.75) is 45.8 Å². The number of rotatable bonds is 6. The summed E-state index contributed by atoms with van der Waals surface area (Å²) in [6, 6.07) is 5.79. The summed E-state index contributed by atoms with van der Waals surface area (Å²) in [5.74, 6) is 1.17.